The molecule has 1 heterocycles. The van der Waals surface area contributed by atoms with Gasteiger partial charge in [-0.05, 0) is 28.4 Å². The zero-order valence-corrected chi connectivity index (χ0v) is 12.1. The summed E-state index contributed by atoms with van der Waals surface area (Å²) in [4.78, 5) is 5.47. The summed E-state index contributed by atoms with van der Waals surface area (Å²) in [5.74, 6) is 0.873. The summed E-state index contributed by atoms with van der Waals surface area (Å²) < 4.78 is 1.14. The lowest BCUT2D eigenvalue weighted by Crippen LogP contribution is -2.37. The van der Waals surface area contributed by atoms with Crippen molar-refractivity contribution in [2.75, 3.05) is 13.6 Å². The van der Waals surface area contributed by atoms with Crippen molar-refractivity contribution in [2.45, 2.75) is 26.3 Å². The van der Waals surface area contributed by atoms with Crippen LogP contribution in [0.4, 0.5) is 0 Å². The fourth-order valence-electron chi connectivity index (χ4n) is 1.22. The number of rotatable bonds is 5. The molecule has 1 aromatic heterocycles. The third-order valence-electron chi connectivity index (χ3n) is 2.10. The Morgan fingerprint density at radius 1 is 1.50 bits per heavy atom. The van der Waals surface area contributed by atoms with Crippen LogP contribution in [0.25, 0.3) is 0 Å². The number of unbranched alkanes of at least 4 members (excludes halogenated alkanes) is 1. The van der Waals surface area contributed by atoms with Crippen molar-refractivity contribution in [3.63, 3.8) is 0 Å². The molecule has 0 bridgehead atoms. The highest BCUT2D eigenvalue weighted by Gasteiger charge is 1.99. The number of nitrogens with one attached hydrogen (secondary N) is 2. The maximum absolute atomic E-state index is 4.17. The molecule has 0 aromatic carbocycles. The second kappa shape index (κ2) is 7.68. The molecule has 0 unspecified atom stereocenters. The van der Waals surface area contributed by atoms with Crippen molar-refractivity contribution in [1.29, 1.82) is 0 Å². The summed E-state index contributed by atoms with van der Waals surface area (Å²) in [5, 5.41) is 8.65. The van der Waals surface area contributed by atoms with Crippen molar-refractivity contribution >= 4 is 33.2 Å². The quantitative estimate of drug-likeness (QED) is 0.498. The number of thiophene rings is 1. The van der Waals surface area contributed by atoms with Gasteiger partial charge in [-0.2, -0.15) is 0 Å². The van der Waals surface area contributed by atoms with Gasteiger partial charge in [-0.15, -0.1) is 11.3 Å². The average Bonchev–Trinajstić information content (AvgIpc) is 2.69. The standard InChI is InChI=1S/C11H18BrN3S/c1-3-4-5-14-11(13-2)15-7-10-6-9(12)8-16-10/h6,8H,3-5,7H2,1-2H3,(H2,13,14,15). The monoisotopic (exact) mass is 303 g/mol. The second-order valence-corrected chi connectivity index (χ2v) is 5.35. The highest BCUT2D eigenvalue weighted by Crippen LogP contribution is 2.19. The second-order valence-electron chi connectivity index (χ2n) is 3.44. The lowest BCUT2D eigenvalue weighted by molar-refractivity contribution is 0.730. The maximum atomic E-state index is 4.17. The molecular formula is C11H18BrN3S. The SMILES string of the molecule is CCCCNC(=NC)NCc1cc(Br)cs1. The molecule has 0 aliphatic rings. The minimum atomic E-state index is 0.821. The first-order valence-electron chi connectivity index (χ1n) is 5.43. The Balaban J connectivity index is 2.29. The Morgan fingerprint density at radius 3 is 2.88 bits per heavy atom. The minimum Gasteiger partial charge on any atom is -0.356 e. The molecule has 0 atom stereocenters. The van der Waals surface area contributed by atoms with Gasteiger partial charge in [-0.3, -0.25) is 4.99 Å². The van der Waals surface area contributed by atoms with Crippen molar-refractivity contribution in [3.8, 4) is 0 Å². The van der Waals surface area contributed by atoms with Crippen LogP contribution in [0, 0.1) is 0 Å². The minimum absolute atomic E-state index is 0.821. The number of hydrogen-bond acceptors (Lipinski definition) is 2. The van der Waals surface area contributed by atoms with Crippen LogP contribution in [0.1, 0.15) is 24.6 Å². The van der Waals surface area contributed by atoms with Crippen molar-refractivity contribution in [1.82, 2.24) is 10.6 Å². The zero-order valence-electron chi connectivity index (χ0n) is 9.72. The van der Waals surface area contributed by atoms with Gasteiger partial charge in [0, 0.05) is 28.3 Å². The molecule has 0 radical (unpaired) electrons. The molecule has 0 saturated heterocycles. The van der Waals surface area contributed by atoms with E-state index in [1.54, 1.807) is 18.4 Å². The van der Waals surface area contributed by atoms with Gasteiger partial charge in [0.2, 0.25) is 0 Å². The van der Waals surface area contributed by atoms with Crippen LogP contribution in [-0.4, -0.2) is 19.6 Å². The Morgan fingerprint density at radius 2 is 2.31 bits per heavy atom. The van der Waals surface area contributed by atoms with E-state index >= 15 is 0 Å². The maximum Gasteiger partial charge on any atom is 0.191 e. The molecular weight excluding hydrogens is 286 g/mol. The number of aliphatic imine (C=N–C) groups is 1. The third-order valence-corrected chi connectivity index (χ3v) is 3.80. The Hall–Kier alpha value is -0.550. The molecule has 90 valence electrons. The first-order chi connectivity index (χ1) is 7.76. The van der Waals surface area contributed by atoms with Gasteiger partial charge in [0.05, 0.1) is 6.54 Å². The Bertz CT molecular complexity index is 336. The molecule has 0 spiro atoms. The molecule has 2 N–H and O–H groups in total. The van der Waals surface area contributed by atoms with Crippen molar-refractivity contribution < 1.29 is 0 Å². The molecule has 0 fully saturated rings. The molecule has 0 aliphatic carbocycles. The van der Waals surface area contributed by atoms with Crippen LogP contribution in [0.3, 0.4) is 0 Å². The predicted octanol–water partition coefficient (Wildman–Crippen LogP) is 2.98. The van der Waals surface area contributed by atoms with Gasteiger partial charge in [0.25, 0.3) is 0 Å². The summed E-state index contributed by atoms with van der Waals surface area (Å²) in [6, 6.07) is 2.12. The number of halogens is 1. The van der Waals surface area contributed by atoms with Crippen molar-refractivity contribution in [2.24, 2.45) is 4.99 Å². The third kappa shape index (κ3) is 4.99. The average molecular weight is 304 g/mol. The van der Waals surface area contributed by atoms with E-state index in [4.69, 9.17) is 0 Å². The fraction of sp³-hybridized carbons (Fsp3) is 0.545. The topological polar surface area (TPSA) is 36.4 Å². The van der Waals surface area contributed by atoms with Gasteiger partial charge >= 0.3 is 0 Å². The van der Waals surface area contributed by atoms with Crippen LogP contribution in [0.2, 0.25) is 0 Å². The fourth-order valence-corrected chi connectivity index (χ4v) is 2.61. The smallest absolute Gasteiger partial charge is 0.191 e. The highest BCUT2D eigenvalue weighted by molar-refractivity contribution is 9.10. The summed E-state index contributed by atoms with van der Waals surface area (Å²) >= 11 is 5.18. The number of nitrogens with zero attached hydrogens (tertiary/aromatic N) is 1. The van der Waals surface area contributed by atoms with Crippen LogP contribution < -0.4 is 10.6 Å². The van der Waals surface area contributed by atoms with Gasteiger partial charge in [0.15, 0.2) is 5.96 Å². The molecule has 0 amide bonds. The molecule has 16 heavy (non-hydrogen) atoms. The van der Waals surface area contributed by atoms with E-state index in [1.165, 1.54) is 17.7 Å². The lowest BCUT2D eigenvalue weighted by Gasteiger charge is -2.10. The highest BCUT2D eigenvalue weighted by atomic mass is 79.9. The summed E-state index contributed by atoms with van der Waals surface area (Å²) in [5.41, 5.74) is 0. The number of hydrogen-bond donors (Lipinski definition) is 2. The first-order valence-corrected chi connectivity index (χ1v) is 7.11. The van der Waals surface area contributed by atoms with Crippen LogP contribution in [0.15, 0.2) is 20.9 Å². The van der Waals surface area contributed by atoms with Crippen molar-refractivity contribution in [3.05, 3.63) is 20.8 Å². The Labute approximate surface area is 109 Å². The van der Waals surface area contributed by atoms with E-state index in [2.05, 4.69) is 49.9 Å². The summed E-state index contributed by atoms with van der Waals surface area (Å²) in [6.45, 7) is 3.98. The van der Waals surface area contributed by atoms with Crippen LogP contribution in [-0.2, 0) is 6.54 Å². The lowest BCUT2D eigenvalue weighted by atomic mass is 10.3. The Kier molecular flexibility index (Phi) is 6.49. The first kappa shape index (κ1) is 13.5. The molecule has 0 aliphatic heterocycles. The van der Waals surface area contributed by atoms with Gasteiger partial charge < -0.3 is 10.6 Å². The van der Waals surface area contributed by atoms with E-state index in [-0.39, 0.29) is 0 Å². The van der Waals surface area contributed by atoms with Crippen LogP contribution >= 0.6 is 27.3 Å². The molecule has 3 nitrogen and oxygen atoms in total. The number of guanidine groups is 1. The largest absolute Gasteiger partial charge is 0.356 e. The van der Waals surface area contributed by atoms with Gasteiger partial charge in [-0.25, -0.2) is 0 Å². The van der Waals surface area contributed by atoms with Gasteiger partial charge in [-0.1, -0.05) is 13.3 Å². The normalized spacial score (nSPS) is 11.6. The predicted molar refractivity (Wildman–Crippen MR) is 75.1 cm³/mol. The molecule has 5 heteroatoms. The summed E-state index contributed by atoms with van der Waals surface area (Å²) in [7, 11) is 1.80. The van der Waals surface area contributed by atoms with E-state index in [1.807, 2.05) is 0 Å². The molecule has 1 rings (SSSR count). The van der Waals surface area contributed by atoms with E-state index in [0.717, 1.165) is 23.5 Å². The van der Waals surface area contributed by atoms with Gasteiger partial charge in [0.1, 0.15) is 0 Å². The molecule has 1 aromatic rings. The summed E-state index contributed by atoms with van der Waals surface area (Å²) in [6.07, 6.45) is 2.37. The van der Waals surface area contributed by atoms with E-state index in [0.29, 0.717) is 0 Å². The zero-order chi connectivity index (χ0) is 11.8. The van der Waals surface area contributed by atoms with E-state index in [9.17, 15) is 0 Å². The molecule has 0 saturated carbocycles. The van der Waals surface area contributed by atoms with E-state index < -0.39 is 0 Å². The van der Waals surface area contributed by atoms with Crippen LogP contribution in [0.5, 0.6) is 0 Å².